The Balaban J connectivity index is 1.74. The van der Waals surface area contributed by atoms with Gasteiger partial charge in [0.05, 0.1) is 0 Å². The standard InChI is InChI=1S/C21H20BrNO3/c22-18-10-6-7-16(15-18)11-12-19(24)26-20(17-8-2-1-3-9-17)21(25)23-13-4-5-14-23/h1-3,6-12,15,20H,4-5,13-14H2/b12-11+/t20-/m0/s1. The zero-order valence-electron chi connectivity index (χ0n) is 14.3. The van der Waals surface area contributed by atoms with Crippen LogP contribution in [0.25, 0.3) is 6.08 Å². The fourth-order valence-electron chi connectivity index (χ4n) is 2.92. The Bertz CT molecular complexity index is 798. The molecule has 1 amide bonds. The third kappa shape index (κ3) is 4.82. The van der Waals surface area contributed by atoms with Crippen LogP contribution in [0.5, 0.6) is 0 Å². The van der Waals surface area contributed by atoms with Gasteiger partial charge in [0.1, 0.15) is 0 Å². The molecule has 1 aliphatic heterocycles. The van der Waals surface area contributed by atoms with E-state index in [4.69, 9.17) is 4.74 Å². The van der Waals surface area contributed by atoms with Gasteiger partial charge in [-0.3, -0.25) is 4.79 Å². The SMILES string of the molecule is O=C(/C=C/c1cccc(Br)c1)O[C@H](C(=O)N1CCCC1)c1ccccc1. The van der Waals surface area contributed by atoms with Gasteiger partial charge in [0.2, 0.25) is 6.10 Å². The summed E-state index contributed by atoms with van der Waals surface area (Å²) in [5.74, 6) is -0.690. The van der Waals surface area contributed by atoms with Gasteiger partial charge in [-0.15, -0.1) is 0 Å². The molecule has 5 heteroatoms. The number of esters is 1. The number of rotatable bonds is 5. The molecule has 0 radical (unpaired) electrons. The smallest absolute Gasteiger partial charge is 0.331 e. The lowest BCUT2D eigenvalue weighted by Crippen LogP contribution is -2.34. The van der Waals surface area contributed by atoms with Gasteiger partial charge in [0, 0.05) is 29.2 Å². The van der Waals surface area contributed by atoms with Crippen LogP contribution in [-0.4, -0.2) is 29.9 Å². The Morgan fingerprint density at radius 2 is 1.77 bits per heavy atom. The summed E-state index contributed by atoms with van der Waals surface area (Å²) >= 11 is 3.40. The van der Waals surface area contributed by atoms with Gasteiger partial charge in [-0.1, -0.05) is 58.4 Å². The molecule has 0 unspecified atom stereocenters. The van der Waals surface area contributed by atoms with Crippen molar-refractivity contribution in [2.45, 2.75) is 18.9 Å². The summed E-state index contributed by atoms with van der Waals surface area (Å²) in [6, 6.07) is 16.8. The molecular formula is C21H20BrNO3. The second-order valence-electron chi connectivity index (χ2n) is 6.15. The number of ether oxygens (including phenoxy) is 1. The number of benzene rings is 2. The van der Waals surface area contributed by atoms with E-state index in [2.05, 4.69) is 15.9 Å². The molecule has 3 rings (SSSR count). The molecule has 1 fully saturated rings. The van der Waals surface area contributed by atoms with Crippen molar-refractivity contribution in [3.8, 4) is 0 Å². The number of carbonyl (C=O) groups excluding carboxylic acids is 2. The lowest BCUT2D eigenvalue weighted by molar-refractivity contribution is -0.156. The molecule has 1 aliphatic rings. The Kier molecular flexibility index (Phi) is 6.23. The minimum atomic E-state index is -0.908. The molecule has 4 nitrogen and oxygen atoms in total. The summed E-state index contributed by atoms with van der Waals surface area (Å²) in [6.07, 6.45) is 4.10. The van der Waals surface area contributed by atoms with Crippen LogP contribution in [0.1, 0.15) is 30.1 Å². The monoisotopic (exact) mass is 413 g/mol. The van der Waals surface area contributed by atoms with E-state index < -0.39 is 12.1 Å². The van der Waals surface area contributed by atoms with Crippen molar-refractivity contribution in [1.82, 2.24) is 4.90 Å². The molecule has 0 N–H and O–H groups in total. The van der Waals surface area contributed by atoms with Crippen molar-refractivity contribution in [3.05, 3.63) is 76.3 Å². The molecule has 2 aromatic carbocycles. The van der Waals surface area contributed by atoms with Gasteiger partial charge < -0.3 is 9.64 Å². The molecule has 26 heavy (non-hydrogen) atoms. The molecule has 2 aromatic rings. The Morgan fingerprint density at radius 3 is 2.46 bits per heavy atom. The van der Waals surface area contributed by atoms with Gasteiger partial charge in [0.15, 0.2) is 0 Å². The second-order valence-corrected chi connectivity index (χ2v) is 7.06. The van der Waals surface area contributed by atoms with Gasteiger partial charge in [-0.05, 0) is 36.6 Å². The number of amides is 1. The summed E-state index contributed by atoms with van der Waals surface area (Å²) in [4.78, 5) is 26.9. The van der Waals surface area contributed by atoms with E-state index in [1.807, 2.05) is 54.6 Å². The Labute approximate surface area is 161 Å². The van der Waals surface area contributed by atoms with Crippen LogP contribution < -0.4 is 0 Å². The molecule has 0 saturated carbocycles. The van der Waals surface area contributed by atoms with Gasteiger partial charge in [-0.2, -0.15) is 0 Å². The highest BCUT2D eigenvalue weighted by molar-refractivity contribution is 9.10. The first-order valence-electron chi connectivity index (χ1n) is 8.61. The largest absolute Gasteiger partial charge is 0.444 e. The highest BCUT2D eigenvalue weighted by atomic mass is 79.9. The maximum absolute atomic E-state index is 12.8. The maximum atomic E-state index is 12.8. The first kappa shape index (κ1) is 18.4. The highest BCUT2D eigenvalue weighted by Gasteiger charge is 2.30. The number of hydrogen-bond acceptors (Lipinski definition) is 3. The van der Waals surface area contributed by atoms with Crippen molar-refractivity contribution >= 4 is 33.9 Å². The van der Waals surface area contributed by atoms with E-state index in [0.717, 1.165) is 22.9 Å². The van der Waals surface area contributed by atoms with Gasteiger partial charge >= 0.3 is 5.97 Å². The van der Waals surface area contributed by atoms with E-state index in [-0.39, 0.29) is 5.91 Å². The predicted octanol–water partition coefficient (Wildman–Crippen LogP) is 4.37. The van der Waals surface area contributed by atoms with Crippen LogP contribution >= 0.6 is 15.9 Å². The molecule has 134 valence electrons. The highest BCUT2D eigenvalue weighted by Crippen LogP contribution is 2.23. The number of hydrogen-bond donors (Lipinski definition) is 0. The summed E-state index contributed by atoms with van der Waals surface area (Å²) in [7, 11) is 0. The molecule has 1 saturated heterocycles. The molecule has 0 spiro atoms. The number of halogens is 1. The molecule has 1 atom stereocenters. The number of carbonyl (C=O) groups is 2. The van der Waals surface area contributed by atoms with Gasteiger partial charge in [-0.25, -0.2) is 4.79 Å². The Hall–Kier alpha value is -2.40. The average Bonchev–Trinajstić information content (AvgIpc) is 3.19. The van der Waals surface area contributed by atoms with Crippen molar-refractivity contribution in [1.29, 1.82) is 0 Å². The molecule has 0 aliphatic carbocycles. The summed E-state index contributed by atoms with van der Waals surface area (Å²) < 4.78 is 6.46. The zero-order chi connectivity index (χ0) is 18.4. The summed E-state index contributed by atoms with van der Waals surface area (Å²) in [5, 5.41) is 0. The van der Waals surface area contributed by atoms with E-state index in [0.29, 0.717) is 18.7 Å². The van der Waals surface area contributed by atoms with E-state index in [1.54, 1.807) is 11.0 Å². The van der Waals surface area contributed by atoms with Crippen LogP contribution in [0.2, 0.25) is 0 Å². The van der Waals surface area contributed by atoms with Crippen LogP contribution in [0.3, 0.4) is 0 Å². The topological polar surface area (TPSA) is 46.6 Å². The van der Waals surface area contributed by atoms with Crippen LogP contribution in [0, 0.1) is 0 Å². The summed E-state index contributed by atoms with van der Waals surface area (Å²) in [5.41, 5.74) is 1.56. The number of likely N-dealkylation sites (tertiary alicyclic amines) is 1. The van der Waals surface area contributed by atoms with E-state index in [9.17, 15) is 9.59 Å². The molecule has 0 bridgehead atoms. The van der Waals surface area contributed by atoms with Crippen LogP contribution in [0.15, 0.2) is 65.1 Å². The molecule has 0 aromatic heterocycles. The lowest BCUT2D eigenvalue weighted by Gasteiger charge is -2.23. The predicted molar refractivity (Wildman–Crippen MR) is 104 cm³/mol. The quantitative estimate of drug-likeness (QED) is 0.539. The number of nitrogens with zero attached hydrogens (tertiary/aromatic N) is 1. The minimum absolute atomic E-state index is 0.155. The van der Waals surface area contributed by atoms with Crippen molar-refractivity contribution in [2.24, 2.45) is 0 Å². The second kappa shape index (κ2) is 8.81. The van der Waals surface area contributed by atoms with Gasteiger partial charge in [0.25, 0.3) is 5.91 Å². The van der Waals surface area contributed by atoms with Crippen LogP contribution in [-0.2, 0) is 14.3 Å². The third-order valence-corrected chi connectivity index (χ3v) is 4.73. The van der Waals surface area contributed by atoms with E-state index >= 15 is 0 Å². The zero-order valence-corrected chi connectivity index (χ0v) is 15.9. The van der Waals surface area contributed by atoms with Crippen molar-refractivity contribution in [2.75, 3.05) is 13.1 Å². The summed E-state index contributed by atoms with van der Waals surface area (Å²) in [6.45, 7) is 1.43. The lowest BCUT2D eigenvalue weighted by atomic mass is 10.1. The van der Waals surface area contributed by atoms with E-state index in [1.165, 1.54) is 6.08 Å². The first-order chi connectivity index (χ1) is 12.6. The average molecular weight is 414 g/mol. The minimum Gasteiger partial charge on any atom is -0.444 e. The van der Waals surface area contributed by atoms with Crippen molar-refractivity contribution in [3.63, 3.8) is 0 Å². The Morgan fingerprint density at radius 1 is 1.04 bits per heavy atom. The van der Waals surface area contributed by atoms with Crippen LogP contribution in [0.4, 0.5) is 0 Å². The fraction of sp³-hybridized carbons (Fsp3) is 0.238. The first-order valence-corrected chi connectivity index (χ1v) is 9.41. The maximum Gasteiger partial charge on any atom is 0.331 e. The van der Waals surface area contributed by atoms with Crippen molar-refractivity contribution < 1.29 is 14.3 Å². The third-order valence-electron chi connectivity index (χ3n) is 4.24. The molecular weight excluding hydrogens is 394 g/mol. The normalized spacial score (nSPS) is 15.2. The molecule has 1 heterocycles. The fourth-order valence-corrected chi connectivity index (χ4v) is 3.34.